The lowest BCUT2D eigenvalue weighted by Crippen LogP contribution is -2.24. The monoisotopic (exact) mass is 272 g/mol. The van der Waals surface area contributed by atoms with E-state index in [1.165, 1.54) is 0 Å². The Balaban J connectivity index is 2.32. The van der Waals surface area contributed by atoms with E-state index in [-0.39, 0.29) is 16.9 Å². The topological polar surface area (TPSA) is 80.9 Å². The van der Waals surface area contributed by atoms with Crippen LogP contribution in [-0.2, 0) is 4.79 Å². The first-order chi connectivity index (χ1) is 8.50. The van der Waals surface area contributed by atoms with Crippen LogP contribution < -0.4 is 0 Å². The van der Waals surface area contributed by atoms with Crippen LogP contribution in [0.4, 0.5) is 8.78 Å². The zero-order chi connectivity index (χ0) is 13.2. The maximum absolute atomic E-state index is 13.1. The summed E-state index contributed by atoms with van der Waals surface area (Å²) < 4.78 is 27.2. The summed E-state index contributed by atoms with van der Waals surface area (Å²) in [6.07, 6.45) is 0. The average molecular weight is 272 g/mol. The predicted octanol–water partition coefficient (Wildman–Crippen LogP) is 1.43. The van der Waals surface area contributed by atoms with E-state index in [1.807, 2.05) is 0 Å². The number of para-hydroxylation sites is 1. The molecule has 0 bridgehead atoms. The normalized spacial score (nSPS) is 11.4. The number of carboxylic acid groups (broad SMARTS) is 1. The molecule has 0 saturated heterocycles. The third-order valence-electron chi connectivity index (χ3n) is 1.91. The Labute approximate surface area is 104 Å². The lowest BCUT2D eigenvalue weighted by molar-refractivity contribution is -0.152. The predicted molar refractivity (Wildman–Crippen MR) is 57.6 cm³/mol. The largest absolute Gasteiger partial charge is 0.476 e. The molecule has 0 spiro atoms. The second-order valence-corrected chi connectivity index (χ2v) is 4.21. The zero-order valence-electron chi connectivity index (χ0n) is 8.70. The van der Waals surface area contributed by atoms with Gasteiger partial charge in [-0.2, -0.15) is 13.5 Å². The highest BCUT2D eigenvalue weighted by Crippen LogP contribution is 2.35. The molecule has 0 aliphatic rings. The summed E-state index contributed by atoms with van der Waals surface area (Å²) in [6, 6.07) is 8.33. The van der Waals surface area contributed by atoms with E-state index in [0.29, 0.717) is 5.69 Å². The molecule has 0 aliphatic carbocycles. The van der Waals surface area contributed by atoms with Gasteiger partial charge in [-0.05, 0) is 22.6 Å². The van der Waals surface area contributed by atoms with E-state index in [1.54, 1.807) is 30.3 Å². The van der Waals surface area contributed by atoms with Crippen molar-refractivity contribution in [2.75, 3.05) is 0 Å². The molecule has 1 aromatic carbocycles. The number of carboxylic acids is 1. The number of benzene rings is 1. The van der Waals surface area contributed by atoms with Crippen LogP contribution >= 0.6 is 11.8 Å². The van der Waals surface area contributed by atoms with Crippen molar-refractivity contribution in [2.45, 2.75) is 10.4 Å². The number of hydrogen-bond acceptors (Lipinski definition) is 5. The molecule has 2 aromatic rings. The molecule has 0 amide bonds. The molecule has 0 atom stereocenters. The first kappa shape index (κ1) is 12.4. The second kappa shape index (κ2) is 4.69. The van der Waals surface area contributed by atoms with Crippen molar-refractivity contribution < 1.29 is 18.7 Å². The van der Waals surface area contributed by atoms with Crippen LogP contribution in [0.1, 0.15) is 0 Å². The summed E-state index contributed by atoms with van der Waals surface area (Å²) in [5.41, 5.74) is 0.464. The van der Waals surface area contributed by atoms with Gasteiger partial charge in [0, 0.05) is 11.8 Å². The molecule has 6 nitrogen and oxygen atoms in total. The summed E-state index contributed by atoms with van der Waals surface area (Å²) >= 11 is -0.224. The number of hydrogen-bond donors (Lipinski definition) is 1. The van der Waals surface area contributed by atoms with Gasteiger partial charge >= 0.3 is 11.2 Å². The third kappa shape index (κ3) is 2.45. The van der Waals surface area contributed by atoms with E-state index >= 15 is 0 Å². The van der Waals surface area contributed by atoms with Crippen molar-refractivity contribution in [3.8, 4) is 5.69 Å². The molecule has 94 valence electrons. The molecular formula is C9H6F2N4O2S. The second-order valence-electron chi connectivity index (χ2n) is 3.13. The van der Waals surface area contributed by atoms with E-state index < -0.39 is 11.2 Å². The summed E-state index contributed by atoms with van der Waals surface area (Å²) in [4.78, 5) is 10.3. The molecule has 0 fully saturated rings. The fraction of sp³-hybridized carbons (Fsp3) is 0.111. The van der Waals surface area contributed by atoms with Crippen molar-refractivity contribution in [3.63, 3.8) is 0 Å². The van der Waals surface area contributed by atoms with Gasteiger partial charge in [-0.15, -0.1) is 5.10 Å². The molecule has 0 saturated carbocycles. The Morgan fingerprint density at radius 1 is 1.33 bits per heavy atom. The molecule has 1 heterocycles. The standard InChI is InChI=1S/C9H6F2N4O2S/c10-9(11,7(16)17)18-8-12-13-14-15(8)6-4-2-1-3-5-6/h1-5H,(H,16,17). The van der Waals surface area contributed by atoms with E-state index in [0.717, 1.165) is 4.68 Å². The Morgan fingerprint density at radius 2 is 2.00 bits per heavy atom. The molecule has 2 rings (SSSR count). The summed E-state index contributed by atoms with van der Waals surface area (Å²) in [5.74, 6) is -2.24. The number of aromatic nitrogens is 4. The number of rotatable bonds is 4. The quantitative estimate of drug-likeness (QED) is 0.848. The first-order valence-electron chi connectivity index (χ1n) is 4.65. The number of halogens is 2. The van der Waals surface area contributed by atoms with Crippen LogP contribution in [0.2, 0.25) is 0 Å². The Bertz CT molecular complexity index is 561. The van der Waals surface area contributed by atoms with Crippen molar-refractivity contribution in [1.29, 1.82) is 0 Å². The van der Waals surface area contributed by atoms with Crippen LogP contribution in [0.15, 0.2) is 35.5 Å². The third-order valence-corrected chi connectivity index (χ3v) is 2.78. The van der Waals surface area contributed by atoms with Crippen LogP contribution in [0.5, 0.6) is 0 Å². The number of alkyl halides is 2. The van der Waals surface area contributed by atoms with Gasteiger partial charge in [0.15, 0.2) is 0 Å². The van der Waals surface area contributed by atoms with E-state index in [2.05, 4.69) is 15.5 Å². The van der Waals surface area contributed by atoms with Gasteiger partial charge in [0.2, 0.25) is 5.16 Å². The minimum absolute atomic E-state index is 0.224. The van der Waals surface area contributed by atoms with E-state index in [9.17, 15) is 13.6 Å². The molecule has 0 radical (unpaired) electrons. The number of nitrogens with zero attached hydrogens (tertiary/aromatic N) is 4. The van der Waals surface area contributed by atoms with Gasteiger partial charge in [-0.3, -0.25) is 0 Å². The number of tetrazole rings is 1. The summed E-state index contributed by atoms with van der Waals surface area (Å²) in [6.45, 7) is 0. The van der Waals surface area contributed by atoms with Gasteiger partial charge in [0.05, 0.1) is 5.69 Å². The minimum atomic E-state index is -3.98. The summed E-state index contributed by atoms with van der Waals surface area (Å²) in [7, 11) is 0. The Hall–Kier alpha value is -2.03. The highest BCUT2D eigenvalue weighted by Gasteiger charge is 2.42. The number of carbonyl (C=O) groups is 1. The average Bonchev–Trinajstić information content (AvgIpc) is 2.77. The van der Waals surface area contributed by atoms with Gasteiger partial charge in [-0.25, -0.2) is 4.79 Å². The van der Waals surface area contributed by atoms with Crippen LogP contribution in [-0.4, -0.2) is 36.5 Å². The maximum atomic E-state index is 13.1. The molecule has 0 unspecified atom stereocenters. The highest BCUT2D eigenvalue weighted by molar-refractivity contribution is 8.00. The van der Waals surface area contributed by atoms with Gasteiger partial charge in [0.1, 0.15) is 0 Å². The molecule has 0 aliphatic heterocycles. The Morgan fingerprint density at radius 3 is 2.61 bits per heavy atom. The molecule has 9 heteroatoms. The fourth-order valence-corrected chi connectivity index (χ4v) is 1.75. The number of thioether (sulfide) groups is 1. The lowest BCUT2D eigenvalue weighted by Gasteiger charge is -2.09. The van der Waals surface area contributed by atoms with Crippen molar-refractivity contribution in [2.24, 2.45) is 0 Å². The fourth-order valence-electron chi connectivity index (χ4n) is 1.13. The first-order valence-corrected chi connectivity index (χ1v) is 5.46. The van der Waals surface area contributed by atoms with Crippen LogP contribution in [0, 0.1) is 0 Å². The highest BCUT2D eigenvalue weighted by atomic mass is 32.2. The van der Waals surface area contributed by atoms with Crippen molar-refractivity contribution in [3.05, 3.63) is 30.3 Å². The lowest BCUT2D eigenvalue weighted by atomic mass is 10.3. The number of aliphatic carboxylic acids is 1. The minimum Gasteiger partial charge on any atom is -0.476 e. The SMILES string of the molecule is O=C(O)C(F)(F)Sc1nnnn1-c1ccccc1. The maximum Gasteiger partial charge on any atom is 0.395 e. The smallest absolute Gasteiger partial charge is 0.395 e. The van der Waals surface area contributed by atoms with E-state index in [4.69, 9.17) is 5.11 Å². The van der Waals surface area contributed by atoms with Gasteiger partial charge in [-0.1, -0.05) is 18.2 Å². The zero-order valence-corrected chi connectivity index (χ0v) is 9.51. The Kier molecular flexibility index (Phi) is 3.24. The molecule has 1 N–H and O–H groups in total. The molecular weight excluding hydrogens is 266 g/mol. The molecule has 18 heavy (non-hydrogen) atoms. The van der Waals surface area contributed by atoms with Crippen molar-refractivity contribution in [1.82, 2.24) is 20.2 Å². The summed E-state index contributed by atoms with van der Waals surface area (Å²) in [5, 5.41) is 14.2. The van der Waals surface area contributed by atoms with Crippen molar-refractivity contribution >= 4 is 17.7 Å². The molecule has 1 aromatic heterocycles. The van der Waals surface area contributed by atoms with Crippen LogP contribution in [0.25, 0.3) is 5.69 Å². The van der Waals surface area contributed by atoms with Crippen LogP contribution in [0.3, 0.4) is 0 Å². The van der Waals surface area contributed by atoms with Gasteiger partial charge < -0.3 is 5.11 Å². The van der Waals surface area contributed by atoms with Gasteiger partial charge in [0.25, 0.3) is 0 Å².